The van der Waals surface area contributed by atoms with Gasteiger partial charge in [0.2, 0.25) is 0 Å². The zero-order chi connectivity index (χ0) is 13.9. The summed E-state index contributed by atoms with van der Waals surface area (Å²) in [6, 6.07) is 6.79. The van der Waals surface area contributed by atoms with Crippen LogP contribution in [-0.2, 0) is 10.0 Å². The molecule has 100 valence electrons. The quantitative estimate of drug-likeness (QED) is 0.905. The molecule has 0 aliphatic heterocycles. The van der Waals surface area contributed by atoms with Gasteiger partial charge in [-0.3, -0.25) is 5.10 Å². The van der Waals surface area contributed by atoms with Crippen molar-refractivity contribution in [3.05, 3.63) is 46.1 Å². The molecule has 0 unspecified atom stereocenters. The van der Waals surface area contributed by atoms with Crippen molar-refractivity contribution in [2.45, 2.75) is 6.92 Å². The molecule has 0 radical (unpaired) electrons. The van der Waals surface area contributed by atoms with Crippen molar-refractivity contribution >= 4 is 33.6 Å². The number of benzene rings is 1. The highest BCUT2D eigenvalue weighted by Gasteiger charge is 2.08. The van der Waals surface area contributed by atoms with Gasteiger partial charge in [0, 0.05) is 5.02 Å². The minimum Gasteiger partial charge on any atom is -0.261 e. The third kappa shape index (κ3) is 4.08. The van der Waals surface area contributed by atoms with E-state index in [-0.39, 0.29) is 5.95 Å². The van der Waals surface area contributed by atoms with Gasteiger partial charge in [-0.1, -0.05) is 23.7 Å². The maximum Gasteiger partial charge on any atom is 0.257 e. The first-order valence-electron chi connectivity index (χ1n) is 5.30. The lowest BCUT2D eigenvalue weighted by Gasteiger charge is -1.98. The maximum absolute atomic E-state index is 11.7. The fraction of sp³-hybridized carbons (Fsp3) is 0.0909. The molecule has 1 aromatic heterocycles. The van der Waals surface area contributed by atoms with Gasteiger partial charge in [0.05, 0.1) is 5.41 Å². The average molecular weight is 299 g/mol. The molecule has 0 saturated carbocycles. The number of hydrogen-bond acceptors (Lipinski definition) is 4. The fourth-order valence-corrected chi connectivity index (χ4v) is 2.17. The number of anilines is 1. The van der Waals surface area contributed by atoms with Crippen molar-refractivity contribution in [1.82, 2.24) is 15.2 Å². The molecule has 1 aromatic carbocycles. The highest BCUT2D eigenvalue weighted by molar-refractivity contribution is 7.95. The lowest BCUT2D eigenvalue weighted by atomic mass is 10.2. The molecule has 0 bridgehead atoms. The van der Waals surface area contributed by atoms with Gasteiger partial charge in [0.15, 0.2) is 0 Å². The number of H-pyrrole nitrogens is 1. The van der Waals surface area contributed by atoms with Crippen molar-refractivity contribution < 1.29 is 8.42 Å². The molecule has 2 rings (SSSR count). The number of aromatic amines is 1. The van der Waals surface area contributed by atoms with Gasteiger partial charge in [-0.05, 0) is 30.7 Å². The average Bonchev–Trinajstić information content (AvgIpc) is 2.73. The van der Waals surface area contributed by atoms with E-state index in [2.05, 4.69) is 19.9 Å². The lowest BCUT2D eigenvalue weighted by molar-refractivity contribution is 0.609. The molecule has 0 fully saturated rings. The molecule has 0 aliphatic carbocycles. The molecular formula is C11H11ClN4O2S. The number of rotatable bonds is 4. The summed E-state index contributed by atoms with van der Waals surface area (Å²) in [6.45, 7) is 1.67. The van der Waals surface area contributed by atoms with Crippen LogP contribution >= 0.6 is 11.6 Å². The van der Waals surface area contributed by atoms with E-state index >= 15 is 0 Å². The second-order valence-corrected chi connectivity index (χ2v) is 5.75. The van der Waals surface area contributed by atoms with E-state index in [4.69, 9.17) is 11.6 Å². The molecule has 0 atom stereocenters. The van der Waals surface area contributed by atoms with Crippen LogP contribution in [0.5, 0.6) is 0 Å². The smallest absolute Gasteiger partial charge is 0.257 e. The third-order valence-electron chi connectivity index (χ3n) is 2.14. The van der Waals surface area contributed by atoms with Crippen LogP contribution in [0.15, 0.2) is 29.7 Å². The Morgan fingerprint density at radius 3 is 2.58 bits per heavy atom. The van der Waals surface area contributed by atoms with Gasteiger partial charge in [-0.2, -0.15) is 4.98 Å². The third-order valence-corrected chi connectivity index (χ3v) is 3.35. The van der Waals surface area contributed by atoms with Crippen molar-refractivity contribution in [3.8, 4) is 0 Å². The first kappa shape index (κ1) is 13.6. The fourth-order valence-electron chi connectivity index (χ4n) is 1.29. The maximum atomic E-state index is 11.7. The SMILES string of the molecule is Cc1nc(NS(=O)(=O)/C=C/c2ccc(Cl)cc2)n[nH]1. The van der Waals surface area contributed by atoms with Crippen LogP contribution in [0, 0.1) is 6.92 Å². The Labute approximate surface area is 115 Å². The Hall–Kier alpha value is -1.86. The van der Waals surface area contributed by atoms with Gasteiger partial charge in [-0.25, -0.2) is 13.1 Å². The van der Waals surface area contributed by atoms with Crippen LogP contribution in [0.4, 0.5) is 5.95 Å². The van der Waals surface area contributed by atoms with Gasteiger partial charge in [0.25, 0.3) is 16.0 Å². The van der Waals surface area contributed by atoms with Crippen molar-refractivity contribution in [1.29, 1.82) is 0 Å². The molecule has 0 saturated heterocycles. The topological polar surface area (TPSA) is 87.7 Å². The normalized spacial score (nSPS) is 11.9. The summed E-state index contributed by atoms with van der Waals surface area (Å²) in [5.74, 6) is 0.539. The Balaban J connectivity index is 2.10. The number of aryl methyl sites for hydroxylation is 1. The summed E-state index contributed by atoms with van der Waals surface area (Å²) in [4.78, 5) is 3.85. The molecule has 0 spiro atoms. The molecule has 0 amide bonds. The van der Waals surface area contributed by atoms with Crippen LogP contribution in [0.1, 0.15) is 11.4 Å². The number of sulfonamides is 1. The number of aromatic nitrogens is 3. The van der Waals surface area contributed by atoms with Gasteiger partial charge in [-0.15, -0.1) is 5.10 Å². The molecule has 19 heavy (non-hydrogen) atoms. The van der Waals surface area contributed by atoms with Crippen molar-refractivity contribution in [2.24, 2.45) is 0 Å². The minimum atomic E-state index is -3.64. The van der Waals surface area contributed by atoms with Crippen LogP contribution in [0.2, 0.25) is 5.02 Å². The van der Waals surface area contributed by atoms with Crippen LogP contribution in [0.25, 0.3) is 6.08 Å². The van der Waals surface area contributed by atoms with E-state index in [9.17, 15) is 8.42 Å². The Kier molecular flexibility index (Phi) is 3.87. The van der Waals surface area contributed by atoms with E-state index in [0.29, 0.717) is 10.8 Å². The second kappa shape index (κ2) is 5.41. The van der Waals surface area contributed by atoms with Crippen LogP contribution in [0.3, 0.4) is 0 Å². The predicted molar refractivity (Wildman–Crippen MR) is 74.1 cm³/mol. The second-order valence-electron chi connectivity index (χ2n) is 3.75. The Bertz CT molecular complexity index is 692. The van der Waals surface area contributed by atoms with Gasteiger partial charge in [0.1, 0.15) is 5.82 Å². The number of halogens is 1. The first-order chi connectivity index (χ1) is 8.94. The standard InChI is InChI=1S/C11H11ClN4O2S/c1-8-13-11(15-14-8)16-19(17,18)7-6-9-2-4-10(12)5-3-9/h2-7H,1H3,(H2,13,14,15,16)/b7-6+. The number of nitrogens with zero attached hydrogens (tertiary/aromatic N) is 2. The molecule has 0 aliphatic rings. The Morgan fingerprint density at radius 1 is 1.32 bits per heavy atom. The summed E-state index contributed by atoms with van der Waals surface area (Å²) < 4.78 is 25.7. The molecule has 2 aromatic rings. The first-order valence-corrected chi connectivity index (χ1v) is 7.22. The van der Waals surface area contributed by atoms with E-state index in [1.54, 1.807) is 31.2 Å². The van der Waals surface area contributed by atoms with Crippen molar-refractivity contribution in [2.75, 3.05) is 4.72 Å². The Morgan fingerprint density at radius 2 is 2.00 bits per heavy atom. The van der Waals surface area contributed by atoms with E-state index < -0.39 is 10.0 Å². The molecular weight excluding hydrogens is 288 g/mol. The van der Waals surface area contributed by atoms with E-state index in [1.165, 1.54) is 6.08 Å². The summed E-state index contributed by atoms with van der Waals surface area (Å²) >= 11 is 5.74. The number of hydrogen-bond donors (Lipinski definition) is 2. The summed E-state index contributed by atoms with van der Waals surface area (Å²) in [7, 11) is -3.64. The van der Waals surface area contributed by atoms with Crippen molar-refractivity contribution in [3.63, 3.8) is 0 Å². The van der Waals surface area contributed by atoms with E-state index in [0.717, 1.165) is 11.0 Å². The van der Waals surface area contributed by atoms with Crippen LogP contribution < -0.4 is 4.72 Å². The molecule has 8 heteroatoms. The highest BCUT2D eigenvalue weighted by Crippen LogP contribution is 2.11. The molecule has 6 nitrogen and oxygen atoms in total. The van der Waals surface area contributed by atoms with Crippen LogP contribution in [-0.4, -0.2) is 23.6 Å². The monoisotopic (exact) mass is 298 g/mol. The van der Waals surface area contributed by atoms with Gasteiger partial charge < -0.3 is 0 Å². The summed E-state index contributed by atoms with van der Waals surface area (Å²) in [5, 5.41) is 7.87. The minimum absolute atomic E-state index is 0.0123. The predicted octanol–water partition coefficient (Wildman–Crippen LogP) is 2.18. The lowest BCUT2D eigenvalue weighted by Crippen LogP contribution is -2.10. The molecule has 2 N–H and O–H groups in total. The van der Waals surface area contributed by atoms with Gasteiger partial charge >= 0.3 is 0 Å². The highest BCUT2D eigenvalue weighted by atomic mass is 35.5. The largest absolute Gasteiger partial charge is 0.261 e. The zero-order valence-corrected chi connectivity index (χ0v) is 11.5. The zero-order valence-electron chi connectivity index (χ0n) is 9.96. The van der Waals surface area contributed by atoms with E-state index in [1.807, 2.05) is 0 Å². The number of nitrogens with one attached hydrogen (secondary N) is 2. The summed E-state index contributed by atoms with van der Waals surface area (Å²) in [6.07, 6.45) is 1.46. The molecule has 1 heterocycles. The summed E-state index contributed by atoms with van der Waals surface area (Å²) in [5.41, 5.74) is 0.723.